The monoisotopic (exact) mass is 346 g/mol. The van der Waals surface area contributed by atoms with Crippen molar-refractivity contribution in [2.24, 2.45) is 0 Å². The summed E-state index contributed by atoms with van der Waals surface area (Å²) in [6.45, 7) is 0. The highest BCUT2D eigenvalue weighted by molar-refractivity contribution is 6.09. The number of ketones is 1. The zero-order valence-electron chi connectivity index (χ0n) is 14.3. The Balaban J connectivity index is 1.78. The maximum absolute atomic E-state index is 12.6. The van der Waals surface area contributed by atoms with Crippen molar-refractivity contribution < 1.29 is 14.3 Å². The van der Waals surface area contributed by atoms with Crippen LogP contribution in [0.4, 0.5) is 5.69 Å². The molecule has 0 aliphatic rings. The Morgan fingerprint density at radius 1 is 0.962 bits per heavy atom. The third-order valence-corrected chi connectivity index (χ3v) is 3.90. The number of hydrogen-bond donors (Lipinski definition) is 1. The van der Waals surface area contributed by atoms with Crippen LogP contribution in [0.2, 0.25) is 0 Å². The summed E-state index contributed by atoms with van der Waals surface area (Å²) in [5.74, 6) is 0.285. The first kappa shape index (κ1) is 17.4. The molecule has 1 aromatic heterocycles. The van der Waals surface area contributed by atoms with Crippen molar-refractivity contribution >= 4 is 17.4 Å². The minimum Gasteiger partial charge on any atom is -0.497 e. The summed E-state index contributed by atoms with van der Waals surface area (Å²) < 4.78 is 5.09. The number of amides is 1. The number of carbonyl (C=O) groups is 2. The molecule has 0 radical (unpaired) electrons. The molecule has 0 saturated carbocycles. The van der Waals surface area contributed by atoms with Crippen molar-refractivity contribution in [1.29, 1.82) is 0 Å². The number of pyridine rings is 1. The average molecular weight is 346 g/mol. The van der Waals surface area contributed by atoms with Crippen molar-refractivity contribution in [3.05, 3.63) is 89.7 Å². The molecular formula is C21H18N2O3. The summed E-state index contributed by atoms with van der Waals surface area (Å²) in [6.07, 6.45) is 1.83. The van der Waals surface area contributed by atoms with Crippen LogP contribution >= 0.6 is 0 Å². The molecule has 26 heavy (non-hydrogen) atoms. The molecule has 1 amide bonds. The zero-order chi connectivity index (χ0) is 18.4. The van der Waals surface area contributed by atoms with Crippen LogP contribution in [0.25, 0.3) is 0 Å². The Labute approximate surface area is 151 Å². The number of ether oxygens (including phenoxy) is 1. The van der Waals surface area contributed by atoms with Gasteiger partial charge in [-0.2, -0.15) is 0 Å². The molecule has 5 nitrogen and oxygen atoms in total. The van der Waals surface area contributed by atoms with Crippen LogP contribution in [0.15, 0.2) is 72.9 Å². The van der Waals surface area contributed by atoms with E-state index < -0.39 is 0 Å². The molecule has 3 aromatic rings. The highest BCUT2D eigenvalue weighted by Gasteiger charge is 2.15. The molecule has 0 bridgehead atoms. The number of benzene rings is 2. The highest BCUT2D eigenvalue weighted by Crippen LogP contribution is 2.19. The van der Waals surface area contributed by atoms with E-state index in [1.165, 1.54) is 0 Å². The Bertz CT molecular complexity index is 906. The standard InChI is InChI=1S/C21H18N2O3/c1-26-17-11-9-15(10-12-17)21(25)23-19-8-3-2-7-18(19)20(24)14-16-6-4-5-13-22-16/h2-13H,14H2,1H3,(H,23,25). The Hall–Kier alpha value is -3.47. The first-order chi connectivity index (χ1) is 12.7. The Morgan fingerprint density at radius 3 is 2.38 bits per heavy atom. The van der Waals surface area contributed by atoms with Gasteiger partial charge in [0.15, 0.2) is 5.78 Å². The van der Waals surface area contributed by atoms with Crippen LogP contribution in [-0.2, 0) is 6.42 Å². The number of nitrogens with one attached hydrogen (secondary N) is 1. The van der Waals surface area contributed by atoms with Gasteiger partial charge >= 0.3 is 0 Å². The first-order valence-corrected chi connectivity index (χ1v) is 8.15. The van der Waals surface area contributed by atoms with Crippen molar-refractivity contribution in [2.45, 2.75) is 6.42 Å². The fraction of sp³-hybridized carbons (Fsp3) is 0.0952. The van der Waals surface area contributed by atoms with Gasteiger partial charge in [-0.25, -0.2) is 0 Å². The van der Waals surface area contributed by atoms with Crippen LogP contribution in [0, 0.1) is 0 Å². The fourth-order valence-corrected chi connectivity index (χ4v) is 2.53. The lowest BCUT2D eigenvalue weighted by atomic mass is 10.0. The van der Waals surface area contributed by atoms with E-state index in [9.17, 15) is 9.59 Å². The number of hydrogen-bond acceptors (Lipinski definition) is 4. The molecule has 1 heterocycles. The van der Waals surface area contributed by atoms with E-state index in [0.29, 0.717) is 28.3 Å². The topological polar surface area (TPSA) is 68.3 Å². The second-order valence-corrected chi connectivity index (χ2v) is 5.65. The maximum atomic E-state index is 12.6. The van der Waals surface area contributed by atoms with E-state index in [-0.39, 0.29) is 18.1 Å². The molecule has 0 unspecified atom stereocenters. The molecule has 130 valence electrons. The number of carbonyl (C=O) groups excluding carboxylic acids is 2. The highest BCUT2D eigenvalue weighted by atomic mass is 16.5. The molecule has 3 rings (SSSR count). The molecular weight excluding hydrogens is 328 g/mol. The number of nitrogens with zero attached hydrogens (tertiary/aromatic N) is 1. The van der Waals surface area contributed by atoms with Gasteiger partial charge in [-0.3, -0.25) is 14.6 Å². The number of rotatable bonds is 6. The lowest BCUT2D eigenvalue weighted by Crippen LogP contribution is -2.15. The van der Waals surface area contributed by atoms with Gasteiger partial charge in [0.05, 0.1) is 19.2 Å². The lowest BCUT2D eigenvalue weighted by molar-refractivity contribution is 0.0993. The van der Waals surface area contributed by atoms with Crippen molar-refractivity contribution in [2.75, 3.05) is 12.4 Å². The van der Waals surface area contributed by atoms with Crippen LogP contribution < -0.4 is 10.1 Å². The fourth-order valence-electron chi connectivity index (χ4n) is 2.53. The smallest absolute Gasteiger partial charge is 0.255 e. The summed E-state index contributed by atoms with van der Waals surface area (Å²) in [5.41, 5.74) is 2.11. The van der Waals surface area contributed by atoms with E-state index in [1.807, 2.05) is 6.07 Å². The van der Waals surface area contributed by atoms with Crippen molar-refractivity contribution in [1.82, 2.24) is 4.98 Å². The van der Waals surface area contributed by atoms with Crippen molar-refractivity contribution in [3.8, 4) is 5.75 Å². The van der Waals surface area contributed by atoms with Gasteiger partial charge in [-0.15, -0.1) is 0 Å². The molecule has 5 heteroatoms. The SMILES string of the molecule is COc1ccc(C(=O)Nc2ccccc2C(=O)Cc2ccccn2)cc1. The predicted octanol–water partition coefficient (Wildman–Crippen LogP) is 3.77. The maximum Gasteiger partial charge on any atom is 0.255 e. The predicted molar refractivity (Wildman–Crippen MR) is 99.7 cm³/mol. The van der Waals surface area contributed by atoms with Crippen LogP contribution in [0.5, 0.6) is 5.75 Å². The normalized spacial score (nSPS) is 10.2. The van der Waals surface area contributed by atoms with E-state index in [2.05, 4.69) is 10.3 Å². The largest absolute Gasteiger partial charge is 0.497 e. The van der Waals surface area contributed by atoms with Gasteiger partial charge in [0.2, 0.25) is 0 Å². The summed E-state index contributed by atoms with van der Waals surface area (Å²) in [5, 5.41) is 2.81. The quantitative estimate of drug-likeness (QED) is 0.690. The molecule has 0 fully saturated rings. The van der Waals surface area contributed by atoms with E-state index in [1.54, 1.807) is 74.0 Å². The minimum atomic E-state index is -0.286. The number of anilines is 1. The van der Waals surface area contributed by atoms with Crippen LogP contribution in [0.1, 0.15) is 26.4 Å². The van der Waals surface area contributed by atoms with E-state index in [4.69, 9.17) is 4.74 Å². The third-order valence-electron chi connectivity index (χ3n) is 3.90. The number of methoxy groups -OCH3 is 1. The van der Waals surface area contributed by atoms with Crippen LogP contribution in [0.3, 0.4) is 0 Å². The summed E-state index contributed by atoms with van der Waals surface area (Å²) in [7, 11) is 1.57. The lowest BCUT2D eigenvalue weighted by Gasteiger charge is -2.11. The van der Waals surface area contributed by atoms with Gasteiger partial charge in [0, 0.05) is 23.0 Å². The first-order valence-electron chi connectivity index (χ1n) is 8.15. The molecule has 0 aliphatic carbocycles. The van der Waals surface area contributed by atoms with Crippen LogP contribution in [-0.4, -0.2) is 23.8 Å². The van der Waals surface area contributed by atoms with Gasteiger partial charge in [-0.1, -0.05) is 18.2 Å². The summed E-state index contributed by atoms with van der Waals surface area (Å²) in [6, 6.07) is 19.2. The molecule has 0 spiro atoms. The third kappa shape index (κ3) is 4.13. The van der Waals surface area contributed by atoms with Gasteiger partial charge in [0.1, 0.15) is 5.75 Å². The second kappa shape index (κ2) is 8.07. The molecule has 1 N–H and O–H groups in total. The molecule has 0 saturated heterocycles. The van der Waals surface area contributed by atoms with Gasteiger partial charge in [-0.05, 0) is 48.5 Å². The molecule has 2 aromatic carbocycles. The summed E-state index contributed by atoms with van der Waals surface area (Å²) >= 11 is 0. The van der Waals surface area contributed by atoms with Gasteiger partial charge in [0.25, 0.3) is 5.91 Å². The number of Topliss-reactive ketones (excluding diaryl/α,β-unsaturated/α-hetero) is 1. The zero-order valence-corrected chi connectivity index (χ0v) is 14.3. The molecule has 0 aliphatic heterocycles. The number of para-hydroxylation sites is 1. The average Bonchev–Trinajstić information content (AvgIpc) is 2.69. The van der Waals surface area contributed by atoms with Gasteiger partial charge < -0.3 is 10.1 Å². The van der Waals surface area contributed by atoms with E-state index >= 15 is 0 Å². The Kier molecular flexibility index (Phi) is 5.39. The molecule has 0 atom stereocenters. The Morgan fingerprint density at radius 2 is 1.69 bits per heavy atom. The second-order valence-electron chi connectivity index (χ2n) is 5.65. The minimum absolute atomic E-state index is 0.102. The van der Waals surface area contributed by atoms with Crippen molar-refractivity contribution in [3.63, 3.8) is 0 Å². The number of aromatic nitrogens is 1. The van der Waals surface area contributed by atoms with E-state index in [0.717, 1.165) is 0 Å². The summed E-state index contributed by atoms with van der Waals surface area (Å²) in [4.78, 5) is 29.3.